The highest BCUT2D eigenvalue weighted by molar-refractivity contribution is 6.31. The molecule has 1 aliphatic heterocycles. The molecule has 5 heteroatoms. The van der Waals surface area contributed by atoms with E-state index in [1.807, 2.05) is 6.92 Å². The number of hydrogen-bond donors (Lipinski definition) is 2. The highest BCUT2D eigenvalue weighted by atomic mass is 35.5. The predicted octanol–water partition coefficient (Wildman–Crippen LogP) is 2.40. The quantitative estimate of drug-likeness (QED) is 0.843. The van der Waals surface area contributed by atoms with Crippen molar-refractivity contribution in [3.8, 4) is 11.8 Å². The number of amides is 1. The van der Waals surface area contributed by atoms with Gasteiger partial charge in [0, 0.05) is 17.9 Å². The van der Waals surface area contributed by atoms with Gasteiger partial charge in [-0.3, -0.25) is 4.79 Å². The first-order chi connectivity index (χ1) is 10.2. The van der Waals surface area contributed by atoms with Crippen molar-refractivity contribution in [3.63, 3.8) is 0 Å². The Morgan fingerprint density at radius 3 is 3.10 bits per heavy atom. The summed E-state index contributed by atoms with van der Waals surface area (Å²) in [6.45, 7) is 2.94. The average molecular weight is 307 g/mol. The summed E-state index contributed by atoms with van der Waals surface area (Å²) in [4.78, 5) is 12.3. The molecule has 4 nitrogen and oxygen atoms in total. The third-order valence-electron chi connectivity index (χ3n) is 3.51. The zero-order valence-corrected chi connectivity index (χ0v) is 12.7. The first-order valence-electron chi connectivity index (χ1n) is 7.06. The van der Waals surface area contributed by atoms with Crippen LogP contribution in [0.3, 0.4) is 0 Å². The van der Waals surface area contributed by atoms with E-state index < -0.39 is 0 Å². The minimum absolute atomic E-state index is 0.00815. The van der Waals surface area contributed by atoms with Crippen molar-refractivity contribution in [2.24, 2.45) is 11.7 Å². The Bertz CT molecular complexity index is 577. The van der Waals surface area contributed by atoms with Gasteiger partial charge in [-0.05, 0) is 31.0 Å². The average Bonchev–Trinajstić information content (AvgIpc) is 2.96. The molecular formula is C16H19ClN2O2. The van der Waals surface area contributed by atoms with Crippen LogP contribution in [0.5, 0.6) is 0 Å². The molecule has 1 saturated heterocycles. The van der Waals surface area contributed by atoms with Crippen LogP contribution in [-0.4, -0.2) is 25.2 Å². The SMILES string of the molecule is CCC1OCCC1C(=O)Nc1ccc(Cl)c(C#CCN)c1. The smallest absolute Gasteiger partial charge is 0.230 e. The molecular weight excluding hydrogens is 288 g/mol. The lowest BCUT2D eigenvalue weighted by atomic mass is 9.98. The number of benzene rings is 1. The van der Waals surface area contributed by atoms with E-state index in [1.54, 1.807) is 18.2 Å². The second-order valence-electron chi connectivity index (χ2n) is 4.90. The molecule has 0 aromatic heterocycles. The Morgan fingerprint density at radius 2 is 2.38 bits per heavy atom. The van der Waals surface area contributed by atoms with E-state index in [1.165, 1.54) is 0 Å². The molecule has 1 aromatic rings. The van der Waals surface area contributed by atoms with Crippen LogP contribution in [0.15, 0.2) is 18.2 Å². The summed E-state index contributed by atoms with van der Waals surface area (Å²) in [6.07, 6.45) is 1.61. The summed E-state index contributed by atoms with van der Waals surface area (Å²) in [5, 5.41) is 3.46. The van der Waals surface area contributed by atoms with Crippen molar-refractivity contribution in [3.05, 3.63) is 28.8 Å². The van der Waals surface area contributed by atoms with Crippen LogP contribution in [0.1, 0.15) is 25.3 Å². The van der Waals surface area contributed by atoms with E-state index in [0.717, 1.165) is 12.8 Å². The molecule has 2 unspecified atom stereocenters. The van der Waals surface area contributed by atoms with Gasteiger partial charge in [-0.15, -0.1) is 0 Å². The number of carbonyl (C=O) groups excluding carboxylic acids is 1. The van der Waals surface area contributed by atoms with E-state index >= 15 is 0 Å². The van der Waals surface area contributed by atoms with Gasteiger partial charge in [0.05, 0.1) is 23.6 Å². The van der Waals surface area contributed by atoms with E-state index in [9.17, 15) is 4.79 Å². The summed E-state index contributed by atoms with van der Waals surface area (Å²) < 4.78 is 5.55. The number of rotatable bonds is 3. The Morgan fingerprint density at radius 1 is 1.57 bits per heavy atom. The lowest BCUT2D eigenvalue weighted by molar-refractivity contribution is -0.121. The number of anilines is 1. The van der Waals surface area contributed by atoms with Crippen molar-refractivity contribution in [1.82, 2.24) is 0 Å². The third-order valence-corrected chi connectivity index (χ3v) is 3.84. The van der Waals surface area contributed by atoms with E-state index in [0.29, 0.717) is 22.9 Å². The zero-order valence-electron chi connectivity index (χ0n) is 12.0. The van der Waals surface area contributed by atoms with Gasteiger partial charge in [0.25, 0.3) is 0 Å². The van der Waals surface area contributed by atoms with Crippen LogP contribution >= 0.6 is 11.6 Å². The highest BCUT2D eigenvalue weighted by Crippen LogP contribution is 2.26. The van der Waals surface area contributed by atoms with Crippen molar-refractivity contribution in [2.75, 3.05) is 18.5 Å². The maximum atomic E-state index is 12.3. The summed E-state index contributed by atoms with van der Waals surface area (Å²) in [5.74, 6) is 5.54. The number of halogens is 1. The van der Waals surface area contributed by atoms with E-state index in [2.05, 4.69) is 17.2 Å². The minimum Gasteiger partial charge on any atom is -0.377 e. The molecule has 2 atom stereocenters. The summed E-state index contributed by atoms with van der Waals surface area (Å²) in [7, 11) is 0. The minimum atomic E-state index is -0.0933. The van der Waals surface area contributed by atoms with Crippen LogP contribution in [-0.2, 0) is 9.53 Å². The van der Waals surface area contributed by atoms with E-state index in [4.69, 9.17) is 22.1 Å². The first kappa shape index (κ1) is 15.8. The van der Waals surface area contributed by atoms with Gasteiger partial charge in [-0.1, -0.05) is 30.4 Å². The normalized spacial score (nSPS) is 20.7. The van der Waals surface area contributed by atoms with Crippen molar-refractivity contribution in [2.45, 2.75) is 25.9 Å². The fraction of sp³-hybridized carbons (Fsp3) is 0.438. The first-order valence-corrected chi connectivity index (χ1v) is 7.44. The molecule has 0 radical (unpaired) electrons. The van der Waals surface area contributed by atoms with Gasteiger partial charge in [-0.2, -0.15) is 0 Å². The summed E-state index contributed by atoms with van der Waals surface area (Å²) >= 11 is 6.07. The second kappa shape index (κ2) is 7.46. The van der Waals surface area contributed by atoms with E-state index in [-0.39, 0.29) is 24.5 Å². The topological polar surface area (TPSA) is 64.3 Å². The summed E-state index contributed by atoms with van der Waals surface area (Å²) in [5.41, 5.74) is 6.71. The fourth-order valence-electron chi connectivity index (χ4n) is 2.43. The molecule has 1 aliphatic rings. The van der Waals surface area contributed by atoms with Crippen LogP contribution < -0.4 is 11.1 Å². The Balaban J connectivity index is 2.10. The number of nitrogens with two attached hydrogens (primary N) is 1. The molecule has 1 amide bonds. The summed E-state index contributed by atoms with van der Waals surface area (Å²) in [6, 6.07) is 5.25. The molecule has 0 saturated carbocycles. The maximum Gasteiger partial charge on any atom is 0.230 e. The molecule has 1 heterocycles. The molecule has 0 aliphatic carbocycles. The lowest BCUT2D eigenvalue weighted by Gasteiger charge is -2.16. The Hall–Kier alpha value is -1.54. The van der Waals surface area contributed by atoms with Crippen LogP contribution in [0, 0.1) is 17.8 Å². The number of hydrogen-bond acceptors (Lipinski definition) is 3. The van der Waals surface area contributed by atoms with Crippen molar-refractivity contribution in [1.29, 1.82) is 0 Å². The van der Waals surface area contributed by atoms with Crippen LogP contribution in [0.25, 0.3) is 0 Å². The van der Waals surface area contributed by atoms with Gasteiger partial charge in [-0.25, -0.2) is 0 Å². The zero-order chi connectivity index (χ0) is 15.2. The van der Waals surface area contributed by atoms with Gasteiger partial charge < -0.3 is 15.8 Å². The molecule has 112 valence electrons. The van der Waals surface area contributed by atoms with Gasteiger partial charge in [0.1, 0.15) is 0 Å². The second-order valence-corrected chi connectivity index (χ2v) is 5.31. The predicted molar refractivity (Wildman–Crippen MR) is 84.2 cm³/mol. The Kier molecular flexibility index (Phi) is 5.63. The van der Waals surface area contributed by atoms with Gasteiger partial charge in [0.15, 0.2) is 0 Å². The lowest BCUT2D eigenvalue weighted by Crippen LogP contribution is -2.29. The molecule has 3 N–H and O–H groups in total. The molecule has 0 spiro atoms. The molecule has 1 aromatic carbocycles. The monoisotopic (exact) mass is 306 g/mol. The fourth-order valence-corrected chi connectivity index (χ4v) is 2.60. The molecule has 21 heavy (non-hydrogen) atoms. The molecule has 2 rings (SSSR count). The Labute approximate surface area is 130 Å². The largest absolute Gasteiger partial charge is 0.377 e. The number of ether oxygens (including phenoxy) is 1. The standard InChI is InChI=1S/C16H19ClN2O2/c1-2-15-13(7-9-21-15)16(20)19-12-5-6-14(17)11(10-12)4-3-8-18/h5-6,10,13,15H,2,7-9,18H2,1H3,(H,19,20). The maximum absolute atomic E-state index is 12.3. The molecule has 0 bridgehead atoms. The van der Waals surface area contributed by atoms with Crippen LogP contribution in [0.4, 0.5) is 5.69 Å². The highest BCUT2D eigenvalue weighted by Gasteiger charge is 2.32. The van der Waals surface area contributed by atoms with Gasteiger partial charge >= 0.3 is 0 Å². The number of carbonyl (C=O) groups is 1. The van der Waals surface area contributed by atoms with Crippen molar-refractivity contribution >= 4 is 23.2 Å². The van der Waals surface area contributed by atoms with Crippen molar-refractivity contribution < 1.29 is 9.53 Å². The third kappa shape index (κ3) is 3.98. The van der Waals surface area contributed by atoms with Crippen LogP contribution in [0.2, 0.25) is 5.02 Å². The number of nitrogens with one attached hydrogen (secondary N) is 1. The van der Waals surface area contributed by atoms with Gasteiger partial charge in [0.2, 0.25) is 5.91 Å². The molecule has 1 fully saturated rings.